The second kappa shape index (κ2) is 21.7. The maximum atomic E-state index is 14.3. The van der Waals surface area contributed by atoms with Crippen LogP contribution in [-0.4, -0.2) is 109 Å². The molecule has 0 spiro atoms. The number of fused-ring (bicyclic) bond motifs is 4. The van der Waals surface area contributed by atoms with Crippen molar-refractivity contribution in [2.24, 2.45) is 16.6 Å². The van der Waals surface area contributed by atoms with E-state index >= 15 is 0 Å². The van der Waals surface area contributed by atoms with Gasteiger partial charge in [-0.15, -0.1) is 0 Å². The van der Waals surface area contributed by atoms with Crippen LogP contribution in [0, 0.1) is 5.92 Å². The third kappa shape index (κ3) is 10.8. The van der Waals surface area contributed by atoms with Crippen molar-refractivity contribution < 1.29 is 52.8 Å². The number of ether oxygens (including phenoxy) is 5. The number of hydrogen-bond acceptors (Lipinski definition) is 13. The van der Waals surface area contributed by atoms with Gasteiger partial charge in [0.1, 0.15) is 12.6 Å². The summed E-state index contributed by atoms with van der Waals surface area (Å²) in [7, 11) is 2.93. The lowest BCUT2D eigenvalue weighted by Crippen LogP contribution is -2.50. The third-order valence-electron chi connectivity index (χ3n) is 12.1. The molecule has 3 aromatic rings. The van der Waals surface area contributed by atoms with E-state index in [1.807, 2.05) is 58.2 Å². The minimum atomic E-state index is -1.54. The van der Waals surface area contributed by atoms with Gasteiger partial charge < -0.3 is 55.0 Å². The lowest BCUT2D eigenvalue weighted by atomic mass is 10.0. The molecule has 0 saturated heterocycles. The fourth-order valence-corrected chi connectivity index (χ4v) is 8.28. The highest BCUT2D eigenvalue weighted by atomic mass is 16.6. The first-order valence-electron chi connectivity index (χ1n) is 22.8. The second-order valence-corrected chi connectivity index (χ2v) is 17.3. The van der Waals surface area contributed by atoms with Crippen molar-refractivity contribution in [2.45, 2.75) is 90.9 Å². The van der Waals surface area contributed by atoms with Gasteiger partial charge in [0, 0.05) is 42.9 Å². The topological polar surface area (TPSA) is 224 Å². The summed E-state index contributed by atoms with van der Waals surface area (Å²) in [5.41, 5.74) is 9.72. The zero-order valence-electron chi connectivity index (χ0n) is 39.8. The monoisotopic (exact) mass is 945 g/mol. The van der Waals surface area contributed by atoms with E-state index in [4.69, 9.17) is 29.4 Å². The van der Waals surface area contributed by atoms with Crippen LogP contribution in [0.2, 0.25) is 0 Å². The Labute approximate surface area is 401 Å². The minimum absolute atomic E-state index is 0.0485. The number of hydrogen-bond donors (Lipinski definition) is 4. The summed E-state index contributed by atoms with van der Waals surface area (Å²) >= 11 is 0. The number of nitrogens with zero attached hydrogens (tertiary/aromatic N) is 4. The first-order valence-corrected chi connectivity index (χ1v) is 22.8. The van der Waals surface area contributed by atoms with Gasteiger partial charge in [-0.2, -0.15) is 0 Å². The number of aliphatic hydroxyl groups is 1. The number of methoxy groups -OCH3 is 2. The van der Waals surface area contributed by atoms with E-state index in [9.17, 15) is 29.1 Å². The van der Waals surface area contributed by atoms with Crippen molar-refractivity contribution in [3.05, 3.63) is 113 Å². The summed E-state index contributed by atoms with van der Waals surface area (Å²) in [6.45, 7) is 9.02. The van der Waals surface area contributed by atoms with Crippen LogP contribution in [-0.2, 0) is 20.9 Å². The third-order valence-corrected chi connectivity index (χ3v) is 12.1. The highest BCUT2D eigenvalue weighted by molar-refractivity contribution is 6.07. The molecule has 0 aromatic heterocycles. The molecule has 18 nitrogen and oxygen atoms in total. The van der Waals surface area contributed by atoms with Crippen LogP contribution in [0.1, 0.15) is 80.2 Å². The molecule has 5 atom stereocenters. The van der Waals surface area contributed by atoms with Crippen LogP contribution >= 0.6 is 0 Å². The van der Waals surface area contributed by atoms with Crippen LogP contribution in [0.15, 0.2) is 101 Å². The van der Waals surface area contributed by atoms with Crippen molar-refractivity contribution in [1.29, 1.82) is 0 Å². The van der Waals surface area contributed by atoms with E-state index < -0.39 is 48.2 Å². The number of anilines is 2. The summed E-state index contributed by atoms with van der Waals surface area (Å²) in [5.74, 6) is -0.460. The maximum absolute atomic E-state index is 14.3. The first kappa shape index (κ1) is 49.5. The summed E-state index contributed by atoms with van der Waals surface area (Å²) in [4.78, 5) is 76.0. The molecule has 4 aliphatic rings. The number of nitrogens with one attached hydrogen (secondary N) is 2. The van der Waals surface area contributed by atoms with E-state index in [2.05, 4.69) is 15.6 Å². The first-order chi connectivity index (χ1) is 33.1. The molecule has 0 bridgehead atoms. The number of nitrogens with two attached hydrogens (primary N) is 1. The van der Waals surface area contributed by atoms with E-state index in [1.54, 1.807) is 60.6 Å². The quantitative estimate of drug-likeness (QED) is 0.106. The number of aliphatic imine (C=N–C) groups is 1. The standard InChI is InChI=1S/C51H59N7O11/c1-8-11-32-19-35-25-53-38-23-43(41(65-6)21-36(38)48(61)56(35)26-32)67-17-10-18-68-44-24-39-37(22-42(44)66-7)49(62)57-27-33(12-9-2)20-40(57)50(63)58(39)51(64)69-28-31-13-15-34(16-14-31)55-46(59)30(5)54-47(60)45(52)29(3)4/h8-9,11-16,21-27,29-30,35,40,45,50,63H,10,17-20,28,52H2,1-7H3,(H,54,60)(H,55,59)/t30-,35+,40+,45-,50+/m1/s1. The van der Waals surface area contributed by atoms with Crippen LogP contribution in [0.5, 0.6) is 23.0 Å². The number of carbonyl (C=O) groups is 5. The molecule has 364 valence electrons. The summed E-state index contributed by atoms with van der Waals surface area (Å²) in [6.07, 6.45) is 11.7. The van der Waals surface area contributed by atoms with Crippen molar-refractivity contribution >= 4 is 53.0 Å². The van der Waals surface area contributed by atoms with Gasteiger partial charge in [0.2, 0.25) is 11.8 Å². The lowest BCUT2D eigenvalue weighted by Gasteiger charge is -2.31. The molecule has 5 N–H and O–H groups in total. The number of benzene rings is 3. The Morgan fingerprint density at radius 2 is 1.43 bits per heavy atom. The molecule has 0 fully saturated rings. The molecule has 18 heteroatoms. The summed E-state index contributed by atoms with van der Waals surface area (Å²) in [6, 6.07) is 10.2. The Hall–Kier alpha value is -7.44. The predicted octanol–water partition coefficient (Wildman–Crippen LogP) is 6.52. The van der Waals surface area contributed by atoms with Gasteiger partial charge >= 0.3 is 6.09 Å². The maximum Gasteiger partial charge on any atom is 0.416 e. The predicted molar refractivity (Wildman–Crippen MR) is 259 cm³/mol. The average Bonchev–Trinajstić information content (AvgIpc) is 3.91. The van der Waals surface area contributed by atoms with Gasteiger partial charge in [-0.05, 0) is 80.5 Å². The summed E-state index contributed by atoms with van der Waals surface area (Å²) in [5, 5.41) is 17.3. The Bertz CT molecular complexity index is 2620. The molecular formula is C51H59N7O11. The zero-order chi connectivity index (χ0) is 49.5. The molecule has 0 saturated carbocycles. The number of carbonyl (C=O) groups excluding carboxylic acids is 5. The largest absolute Gasteiger partial charge is 0.493 e. The van der Waals surface area contributed by atoms with Gasteiger partial charge in [-0.25, -0.2) is 9.69 Å². The van der Waals surface area contributed by atoms with E-state index in [-0.39, 0.29) is 66.9 Å². The van der Waals surface area contributed by atoms with Crippen molar-refractivity contribution in [2.75, 3.05) is 37.7 Å². The lowest BCUT2D eigenvalue weighted by molar-refractivity contribution is -0.127. The van der Waals surface area contributed by atoms with E-state index in [0.29, 0.717) is 46.8 Å². The van der Waals surface area contributed by atoms with E-state index in [1.165, 1.54) is 31.3 Å². The molecule has 0 aliphatic carbocycles. The highest BCUT2D eigenvalue weighted by Gasteiger charge is 2.45. The van der Waals surface area contributed by atoms with Crippen LogP contribution in [0.25, 0.3) is 0 Å². The van der Waals surface area contributed by atoms with Gasteiger partial charge in [-0.1, -0.05) is 50.3 Å². The normalized spacial score (nSPS) is 19.2. The minimum Gasteiger partial charge on any atom is -0.493 e. The highest BCUT2D eigenvalue weighted by Crippen LogP contribution is 2.43. The van der Waals surface area contributed by atoms with Gasteiger partial charge in [0.25, 0.3) is 11.8 Å². The van der Waals surface area contributed by atoms with Gasteiger partial charge in [-0.3, -0.25) is 24.2 Å². The van der Waals surface area contributed by atoms with Crippen molar-refractivity contribution in [1.82, 2.24) is 15.1 Å². The fourth-order valence-electron chi connectivity index (χ4n) is 8.28. The number of allylic oxidation sites excluding steroid dienone is 4. The van der Waals surface area contributed by atoms with Gasteiger partial charge in [0.05, 0.1) is 68.1 Å². The molecule has 4 heterocycles. The van der Waals surface area contributed by atoms with Crippen molar-refractivity contribution in [3.8, 4) is 23.0 Å². The molecule has 3 aromatic carbocycles. The summed E-state index contributed by atoms with van der Waals surface area (Å²) < 4.78 is 29.4. The molecule has 69 heavy (non-hydrogen) atoms. The van der Waals surface area contributed by atoms with Crippen LogP contribution in [0.3, 0.4) is 0 Å². The van der Waals surface area contributed by atoms with Gasteiger partial charge in [0.15, 0.2) is 29.2 Å². The zero-order valence-corrected chi connectivity index (χ0v) is 39.8. The Morgan fingerprint density at radius 3 is 2.07 bits per heavy atom. The smallest absolute Gasteiger partial charge is 0.416 e. The van der Waals surface area contributed by atoms with Crippen LogP contribution < -0.4 is 40.2 Å². The average molecular weight is 946 g/mol. The second-order valence-electron chi connectivity index (χ2n) is 17.3. The number of aliphatic hydroxyl groups excluding tert-OH is 1. The van der Waals surface area contributed by atoms with Crippen LogP contribution in [0.4, 0.5) is 21.9 Å². The molecule has 7 rings (SSSR count). The Kier molecular flexibility index (Phi) is 15.5. The molecule has 0 radical (unpaired) electrons. The van der Waals surface area contributed by atoms with Crippen molar-refractivity contribution in [3.63, 3.8) is 0 Å². The molecule has 0 unspecified atom stereocenters. The molecule has 5 amide bonds. The number of amides is 5. The van der Waals surface area contributed by atoms with E-state index in [0.717, 1.165) is 16.0 Å². The fraction of sp³-hybridized carbons (Fsp3) is 0.373. The molecular weight excluding hydrogens is 887 g/mol. The molecule has 4 aliphatic heterocycles. The Morgan fingerprint density at radius 1 is 0.826 bits per heavy atom. The Balaban J connectivity index is 1.04. The SMILES string of the molecule is CC=CC1=CN2C(=O)c3cc(OC)c(OCCCOc4cc5c(cc4OC)C(=O)N4C=C(C=CC)C[C@H]4[C@H](O)N5C(=O)OCc4ccc(NC(=O)[C@@H](C)NC(=O)[C@H](N)C(C)C)cc4)cc3N=C[C@@H]2C1. The number of rotatable bonds is 17.